The molecule has 0 heterocycles. The Kier molecular flexibility index (Phi) is 10.1. The first-order chi connectivity index (χ1) is 15.3. The van der Waals surface area contributed by atoms with E-state index in [1.54, 1.807) is 6.07 Å². The van der Waals surface area contributed by atoms with Gasteiger partial charge in [0, 0.05) is 6.04 Å². The van der Waals surface area contributed by atoms with Gasteiger partial charge in [-0.2, -0.15) is 0 Å². The molecule has 0 radical (unpaired) electrons. The molecule has 3 N–H and O–H groups in total. The number of aromatic carboxylic acids is 1. The van der Waals surface area contributed by atoms with Gasteiger partial charge in [0.25, 0.3) is 0 Å². The van der Waals surface area contributed by atoms with Crippen LogP contribution in [0.3, 0.4) is 0 Å². The smallest absolute Gasteiger partial charge is 0.335 e. The van der Waals surface area contributed by atoms with E-state index in [4.69, 9.17) is 0 Å². The number of nitrogens with one attached hydrogen (secondary N) is 1. The normalized spacial score (nSPS) is 12.8. The van der Waals surface area contributed by atoms with E-state index in [2.05, 4.69) is 43.4 Å². The lowest BCUT2D eigenvalue weighted by atomic mass is 9.93. The van der Waals surface area contributed by atoms with Crippen molar-refractivity contribution in [3.8, 4) is 11.1 Å². The molecule has 0 fully saturated rings. The molecule has 176 valence electrons. The van der Waals surface area contributed by atoms with Crippen LogP contribution in [0.15, 0.2) is 72.8 Å². The molecule has 3 rings (SSSR count). The predicted octanol–water partition coefficient (Wildman–Crippen LogP) is 5.93. The van der Waals surface area contributed by atoms with Crippen molar-refractivity contribution in [3.05, 3.63) is 95.1 Å². The number of carboxylic acids is 1. The molecule has 2 atom stereocenters. The molecular formula is C28H34ClNO3. The topological polar surface area (TPSA) is 69.6 Å². The van der Waals surface area contributed by atoms with Gasteiger partial charge < -0.3 is 15.5 Å². The minimum absolute atomic E-state index is 0. The zero-order valence-electron chi connectivity index (χ0n) is 19.5. The van der Waals surface area contributed by atoms with E-state index in [9.17, 15) is 15.0 Å². The number of carbonyl (C=O) groups is 1. The summed E-state index contributed by atoms with van der Waals surface area (Å²) in [6, 6.07) is 23.7. The van der Waals surface area contributed by atoms with Crippen LogP contribution < -0.4 is 5.32 Å². The third-order valence-electron chi connectivity index (χ3n) is 5.75. The number of rotatable bonds is 10. The molecule has 0 aromatic heterocycles. The minimum Gasteiger partial charge on any atom is -0.478 e. The first kappa shape index (κ1) is 26.6. The average molecular weight is 468 g/mol. The fourth-order valence-electron chi connectivity index (χ4n) is 3.95. The number of halogens is 1. The van der Waals surface area contributed by atoms with Crippen molar-refractivity contribution in [1.29, 1.82) is 0 Å². The van der Waals surface area contributed by atoms with Gasteiger partial charge in [0.15, 0.2) is 0 Å². The second-order valence-electron chi connectivity index (χ2n) is 8.82. The van der Waals surface area contributed by atoms with E-state index < -0.39 is 12.1 Å². The van der Waals surface area contributed by atoms with Crippen molar-refractivity contribution in [1.82, 2.24) is 5.32 Å². The van der Waals surface area contributed by atoms with Gasteiger partial charge in [-0.15, -0.1) is 12.4 Å². The van der Waals surface area contributed by atoms with Crippen LogP contribution in [0, 0.1) is 5.92 Å². The standard InChI is InChI=1S/C28H33NO3.ClH/c1-19(2)17-25-18-24(13-14-26(25)28(31)32)22-11-9-21(10-12-22)15-16-29-20(3)27(30)23-7-5-4-6-8-23;/h4-14,18-20,27,29-30H,15-17H2,1-3H3,(H,31,32);1H/t20-,27-;/m0./s1. The molecular weight excluding hydrogens is 434 g/mol. The number of carboxylic acid groups (broad SMARTS) is 1. The second kappa shape index (κ2) is 12.5. The van der Waals surface area contributed by atoms with Crippen LogP contribution in [0.5, 0.6) is 0 Å². The lowest BCUT2D eigenvalue weighted by Gasteiger charge is -2.20. The summed E-state index contributed by atoms with van der Waals surface area (Å²) in [7, 11) is 0. The van der Waals surface area contributed by atoms with Crippen LogP contribution in [-0.2, 0) is 12.8 Å². The van der Waals surface area contributed by atoms with Crippen LogP contribution >= 0.6 is 12.4 Å². The number of aliphatic hydroxyl groups is 1. The summed E-state index contributed by atoms with van der Waals surface area (Å²) >= 11 is 0. The number of aliphatic hydroxyl groups excluding tert-OH is 1. The van der Waals surface area contributed by atoms with Crippen LogP contribution in [0.25, 0.3) is 11.1 Å². The van der Waals surface area contributed by atoms with Crippen LogP contribution in [-0.4, -0.2) is 28.8 Å². The molecule has 5 heteroatoms. The zero-order valence-corrected chi connectivity index (χ0v) is 20.3. The average Bonchev–Trinajstić information content (AvgIpc) is 2.79. The Morgan fingerprint density at radius 1 is 0.909 bits per heavy atom. The third kappa shape index (κ3) is 7.43. The van der Waals surface area contributed by atoms with Gasteiger partial charge in [-0.3, -0.25) is 0 Å². The van der Waals surface area contributed by atoms with Gasteiger partial charge >= 0.3 is 5.97 Å². The highest BCUT2D eigenvalue weighted by molar-refractivity contribution is 5.90. The molecule has 0 saturated heterocycles. The van der Waals surface area contributed by atoms with Crippen molar-refractivity contribution >= 4 is 18.4 Å². The van der Waals surface area contributed by atoms with Gasteiger partial charge in [-0.25, -0.2) is 4.79 Å². The molecule has 3 aromatic carbocycles. The van der Waals surface area contributed by atoms with Crippen molar-refractivity contribution < 1.29 is 15.0 Å². The highest BCUT2D eigenvalue weighted by Gasteiger charge is 2.15. The van der Waals surface area contributed by atoms with E-state index in [1.165, 1.54) is 5.56 Å². The van der Waals surface area contributed by atoms with Gasteiger partial charge in [0.2, 0.25) is 0 Å². The monoisotopic (exact) mass is 467 g/mol. The molecule has 0 unspecified atom stereocenters. The van der Waals surface area contributed by atoms with Gasteiger partial charge in [0.1, 0.15) is 0 Å². The lowest BCUT2D eigenvalue weighted by Crippen LogP contribution is -2.33. The fraction of sp³-hybridized carbons (Fsp3) is 0.321. The van der Waals surface area contributed by atoms with Crippen LogP contribution in [0.2, 0.25) is 0 Å². The molecule has 0 aliphatic rings. The summed E-state index contributed by atoms with van der Waals surface area (Å²) in [6.07, 6.45) is 1.07. The van der Waals surface area contributed by atoms with Crippen molar-refractivity contribution in [2.45, 2.75) is 45.8 Å². The molecule has 0 amide bonds. The van der Waals surface area contributed by atoms with Gasteiger partial charge in [-0.1, -0.05) is 80.6 Å². The Morgan fingerprint density at radius 2 is 1.55 bits per heavy atom. The minimum atomic E-state index is -0.873. The molecule has 0 aliphatic carbocycles. The van der Waals surface area contributed by atoms with E-state index in [0.717, 1.165) is 41.6 Å². The Bertz CT molecular complexity index is 1020. The zero-order chi connectivity index (χ0) is 23.1. The van der Waals surface area contributed by atoms with E-state index >= 15 is 0 Å². The number of hydrogen-bond acceptors (Lipinski definition) is 3. The third-order valence-corrected chi connectivity index (χ3v) is 5.75. The van der Waals surface area contributed by atoms with E-state index in [-0.39, 0.29) is 18.4 Å². The summed E-state index contributed by atoms with van der Waals surface area (Å²) in [4.78, 5) is 11.5. The predicted molar refractivity (Wildman–Crippen MR) is 137 cm³/mol. The summed E-state index contributed by atoms with van der Waals surface area (Å²) < 4.78 is 0. The summed E-state index contributed by atoms with van der Waals surface area (Å²) in [6.45, 7) is 6.97. The molecule has 0 saturated carbocycles. The molecule has 0 spiro atoms. The second-order valence-corrected chi connectivity index (χ2v) is 8.82. The van der Waals surface area contributed by atoms with E-state index in [0.29, 0.717) is 11.5 Å². The van der Waals surface area contributed by atoms with Crippen molar-refractivity contribution in [3.63, 3.8) is 0 Å². The lowest BCUT2D eigenvalue weighted by molar-refractivity contribution is 0.0695. The largest absolute Gasteiger partial charge is 0.478 e. The highest BCUT2D eigenvalue weighted by Crippen LogP contribution is 2.25. The number of hydrogen-bond donors (Lipinski definition) is 3. The maximum absolute atomic E-state index is 11.5. The SMILES string of the molecule is CC(C)Cc1cc(-c2ccc(CCN[C@@H](C)[C@H](O)c3ccccc3)cc2)ccc1C(=O)O.Cl. The first-order valence-corrected chi connectivity index (χ1v) is 11.3. The number of benzene rings is 3. The van der Waals surface area contributed by atoms with Crippen LogP contribution in [0.4, 0.5) is 0 Å². The maximum atomic E-state index is 11.5. The van der Waals surface area contributed by atoms with Gasteiger partial charge in [0.05, 0.1) is 11.7 Å². The Labute approximate surface area is 203 Å². The van der Waals surface area contributed by atoms with E-state index in [1.807, 2.05) is 49.4 Å². The molecule has 0 bridgehead atoms. The molecule has 33 heavy (non-hydrogen) atoms. The maximum Gasteiger partial charge on any atom is 0.335 e. The summed E-state index contributed by atoms with van der Waals surface area (Å²) in [5, 5.41) is 23.4. The van der Waals surface area contributed by atoms with Crippen molar-refractivity contribution in [2.75, 3.05) is 6.54 Å². The summed E-state index contributed by atoms with van der Waals surface area (Å²) in [5.74, 6) is -0.484. The van der Waals surface area contributed by atoms with Crippen LogP contribution in [0.1, 0.15) is 53.9 Å². The molecule has 0 aliphatic heterocycles. The molecule has 3 aromatic rings. The summed E-state index contributed by atoms with van der Waals surface area (Å²) in [5.41, 5.74) is 5.52. The van der Waals surface area contributed by atoms with Gasteiger partial charge in [-0.05, 0) is 66.1 Å². The Morgan fingerprint density at radius 3 is 2.15 bits per heavy atom. The van der Waals surface area contributed by atoms with Crippen molar-refractivity contribution in [2.24, 2.45) is 5.92 Å². The first-order valence-electron chi connectivity index (χ1n) is 11.3. The Hall–Kier alpha value is -2.66. The molecule has 4 nitrogen and oxygen atoms in total. The fourth-order valence-corrected chi connectivity index (χ4v) is 3.95. The quantitative estimate of drug-likeness (QED) is 0.346. The highest BCUT2D eigenvalue weighted by atomic mass is 35.5. The Balaban J connectivity index is 0.00000385.